The highest BCUT2D eigenvalue weighted by Gasteiger charge is 2.10. The highest BCUT2D eigenvalue weighted by molar-refractivity contribution is 5.64. The van der Waals surface area contributed by atoms with Gasteiger partial charge in [-0.25, -0.2) is 8.78 Å². The molecule has 0 unspecified atom stereocenters. The Morgan fingerprint density at radius 2 is 1.47 bits per heavy atom. The molecular weight excluding hydrogens is 246 g/mol. The number of halogens is 2. The maximum Gasteiger partial charge on any atom is 0.187 e. The molecule has 0 aliphatic rings. The molecule has 1 N–H and O–H groups in total. The third-order valence-corrected chi connectivity index (χ3v) is 2.95. The van der Waals surface area contributed by atoms with Gasteiger partial charge in [-0.1, -0.05) is 38.1 Å². The second kappa shape index (κ2) is 5.39. The molecular formula is C16H16F2O. The van der Waals surface area contributed by atoms with E-state index in [0.29, 0.717) is 11.5 Å². The number of aromatic hydroxyl groups is 1. The fourth-order valence-corrected chi connectivity index (χ4v) is 2.04. The predicted molar refractivity (Wildman–Crippen MR) is 72.0 cm³/mol. The van der Waals surface area contributed by atoms with E-state index < -0.39 is 17.4 Å². The van der Waals surface area contributed by atoms with Crippen LogP contribution >= 0.6 is 0 Å². The van der Waals surface area contributed by atoms with E-state index in [1.807, 2.05) is 24.3 Å². The third-order valence-electron chi connectivity index (χ3n) is 2.95. The van der Waals surface area contributed by atoms with Gasteiger partial charge in [-0.3, -0.25) is 0 Å². The van der Waals surface area contributed by atoms with Crippen molar-refractivity contribution in [1.29, 1.82) is 0 Å². The first kappa shape index (κ1) is 13.5. The lowest BCUT2D eigenvalue weighted by atomic mass is 9.99. The molecule has 0 spiro atoms. The van der Waals surface area contributed by atoms with Crippen molar-refractivity contribution in [2.24, 2.45) is 5.92 Å². The molecule has 0 amide bonds. The SMILES string of the molecule is CC(C)Cc1ccc(-c2cc(F)c(O)c(F)c2)cc1. The Balaban J connectivity index is 2.32. The summed E-state index contributed by atoms with van der Waals surface area (Å²) in [5, 5.41) is 9.07. The largest absolute Gasteiger partial charge is 0.503 e. The highest BCUT2D eigenvalue weighted by atomic mass is 19.1. The molecule has 0 saturated carbocycles. The monoisotopic (exact) mass is 262 g/mol. The summed E-state index contributed by atoms with van der Waals surface area (Å²) in [6.45, 7) is 4.28. The zero-order valence-electron chi connectivity index (χ0n) is 11.0. The molecule has 2 rings (SSSR count). The minimum atomic E-state index is -0.943. The van der Waals surface area contributed by atoms with E-state index in [1.54, 1.807) is 0 Å². The topological polar surface area (TPSA) is 20.2 Å². The summed E-state index contributed by atoms with van der Waals surface area (Å²) in [6.07, 6.45) is 0.971. The third kappa shape index (κ3) is 3.11. The fourth-order valence-electron chi connectivity index (χ4n) is 2.04. The molecule has 2 aromatic rings. The predicted octanol–water partition coefficient (Wildman–Crippen LogP) is 4.54. The number of phenols is 1. The van der Waals surface area contributed by atoms with Gasteiger partial charge in [-0.2, -0.15) is 0 Å². The zero-order valence-corrected chi connectivity index (χ0v) is 11.0. The van der Waals surface area contributed by atoms with Crippen LogP contribution in [0.5, 0.6) is 5.75 Å². The van der Waals surface area contributed by atoms with Crippen LogP contribution in [0.3, 0.4) is 0 Å². The van der Waals surface area contributed by atoms with Crippen LogP contribution in [0, 0.1) is 17.6 Å². The number of rotatable bonds is 3. The summed E-state index contributed by atoms with van der Waals surface area (Å²) in [5.41, 5.74) is 2.34. The molecule has 0 fully saturated rings. The Labute approximate surface area is 111 Å². The average molecular weight is 262 g/mol. The van der Waals surface area contributed by atoms with Crippen LogP contribution in [0.2, 0.25) is 0 Å². The molecule has 0 aliphatic heterocycles. The highest BCUT2D eigenvalue weighted by Crippen LogP contribution is 2.28. The van der Waals surface area contributed by atoms with Crippen LogP contribution in [0.15, 0.2) is 36.4 Å². The molecule has 3 heteroatoms. The van der Waals surface area contributed by atoms with Crippen molar-refractivity contribution in [1.82, 2.24) is 0 Å². The van der Waals surface area contributed by atoms with E-state index in [1.165, 1.54) is 5.56 Å². The van der Waals surface area contributed by atoms with E-state index in [4.69, 9.17) is 5.11 Å². The van der Waals surface area contributed by atoms with Crippen LogP contribution in [-0.4, -0.2) is 5.11 Å². The van der Waals surface area contributed by atoms with Gasteiger partial charge in [0.15, 0.2) is 17.4 Å². The Hall–Kier alpha value is -1.90. The van der Waals surface area contributed by atoms with Crippen molar-refractivity contribution in [2.75, 3.05) is 0 Å². The first-order chi connectivity index (χ1) is 8.97. The van der Waals surface area contributed by atoms with Gasteiger partial charge < -0.3 is 5.11 Å². The molecule has 0 aromatic heterocycles. The molecule has 19 heavy (non-hydrogen) atoms. The standard InChI is InChI=1S/C16H16F2O/c1-10(2)7-11-3-5-12(6-4-11)13-8-14(17)16(19)15(18)9-13/h3-6,8-10,19H,7H2,1-2H3. The minimum Gasteiger partial charge on any atom is -0.503 e. The van der Waals surface area contributed by atoms with E-state index in [-0.39, 0.29) is 0 Å². The number of hydrogen-bond donors (Lipinski definition) is 1. The molecule has 1 nitrogen and oxygen atoms in total. The fraction of sp³-hybridized carbons (Fsp3) is 0.250. The maximum absolute atomic E-state index is 13.3. The van der Waals surface area contributed by atoms with Crippen molar-refractivity contribution in [2.45, 2.75) is 20.3 Å². The molecule has 2 aromatic carbocycles. The molecule has 0 atom stereocenters. The Morgan fingerprint density at radius 1 is 0.947 bits per heavy atom. The Kier molecular flexibility index (Phi) is 3.84. The van der Waals surface area contributed by atoms with Gasteiger partial charge in [0, 0.05) is 0 Å². The lowest BCUT2D eigenvalue weighted by Gasteiger charge is -2.07. The first-order valence-electron chi connectivity index (χ1n) is 6.24. The van der Waals surface area contributed by atoms with Crippen molar-refractivity contribution >= 4 is 0 Å². The summed E-state index contributed by atoms with van der Waals surface area (Å²) >= 11 is 0. The normalized spacial score (nSPS) is 11.0. The van der Waals surface area contributed by atoms with Crippen LogP contribution in [0.4, 0.5) is 8.78 Å². The lowest BCUT2D eigenvalue weighted by Crippen LogP contribution is -1.93. The van der Waals surface area contributed by atoms with Gasteiger partial charge in [0.2, 0.25) is 0 Å². The van der Waals surface area contributed by atoms with Gasteiger partial charge in [-0.15, -0.1) is 0 Å². The summed E-state index contributed by atoms with van der Waals surface area (Å²) in [7, 11) is 0. The van der Waals surface area contributed by atoms with Gasteiger partial charge in [0.1, 0.15) is 0 Å². The number of hydrogen-bond acceptors (Lipinski definition) is 1. The van der Waals surface area contributed by atoms with Gasteiger partial charge in [0.05, 0.1) is 0 Å². The summed E-state index contributed by atoms with van der Waals surface area (Å²) in [4.78, 5) is 0. The second-order valence-electron chi connectivity index (χ2n) is 5.08. The van der Waals surface area contributed by atoms with Crippen molar-refractivity contribution in [3.63, 3.8) is 0 Å². The molecule has 0 heterocycles. The Morgan fingerprint density at radius 3 is 1.95 bits per heavy atom. The Bertz CT molecular complexity index is 551. The number of phenolic OH excluding ortho intramolecular Hbond substituents is 1. The van der Waals surface area contributed by atoms with Crippen LogP contribution in [0.1, 0.15) is 19.4 Å². The zero-order chi connectivity index (χ0) is 14.0. The van der Waals surface area contributed by atoms with Crippen LogP contribution in [0.25, 0.3) is 11.1 Å². The summed E-state index contributed by atoms with van der Waals surface area (Å²) in [5.74, 6) is -2.25. The quantitative estimate of drug-likeness (QED) is 0.861. The molecule has 0 radical (unpaired) electrons. The maximum atomic E-state index is 13.3. The van der Waals surface area contributed by atoms with E-state index in [2.05, 4.69) is 13.8 Å². The minimum absolute atomic E-state index is 0.420. The molecule has 0 bridgehead atoms. The van der Waals surface area contributed by atoms with E-state index in [9.17, 15) is 8.78 Å². The van der Waals surface area contributed by atoms with Crippen molar-refractivity contribution in [3.8, 4) is 16.9 Å². The van der Waals surface area contributed by atoms with Crippen molar-refractivity contribution in [3.05, 3.63) is 53.6 Å². The van der Waals surface area contributed by atoms with Gasteiger partial charge in [0.25, 0.3) is 0 Å². The van der Waals surface area contributed by atoms with Gasteiger partial charge >= 0.3 is 0 Å². The first-order valence-corrected chi connectivity index (χ1v) is 6.24. The smallest absolute Gasteiger partial charge is 0.187 e. The summed E-state index contributed by atoms with van der Waals surface area (Å²) in [6, 6.07) is 9.85. The van der Waals surface area contributed by atoms with E-state index in [0.717, 1.165) is 24.1 Å². The van der Waals surface area contributed by atoms with Crippen LogP contribution < -0.4 is 0 Å². The number of benzene rings is 2. The van der Waals surface area contributed by atoms with E-state index >= 15 is 0 Å². The lowest BCUT2D eigenvalue weighted by molar-refractivity contribution is 0.396. The average Bonchev–Trinajstić information content (AvgIpc) is 2.35. The van der Waals surface area contributed by atoms with Crippen LogP contribution in [-0.2, 0) is 6.42 Å². The van der Waals surface area contributed by atoms with Gasteiger partial charge in [-0.05, 0) is 41.2 Å². The van der Waals surface area contributed by atoms with Crippen molar-refractivity contribution < 1.29 is 13.9 Å². The molecule has 100 valence electrons. The second-order valence-corrected chi connectivity index (χ2v) is 5.08. The molecule has 0 saturated heterocycles. The summed E-state index contributed by atoms with van der Waals surface area (Å²) < 4.78 is 26.6. The molecule has 0 aliphatic carbocycles.